The maximum atomic E-state index is 13.3. The molecule has 1 N–H and O–H groups in total. The van der Waals surface area contributed by atoms with Gasteiger partial charge in [0, 0.05) is 33.7 Å². The number of nitrogens with one attached hydrogen (secondary N) is 1. The molecule has 28 heavy (non-hydrogen) atoms. The standard InChI is InChI=1S/C23H18N2O2S/c1-16-10-12-18(13-11-16)28(26,27)25-15-20(19-7-3-5-9-23(19)25)22-14-17-6-2-4-8-21(17)24-22/h2-15,24H,1H3. The number of H-pyrrole nitrogens is 1. The van der Waals surface area contributed by atoms with Crippen LogP contribution in [0.2, 0.25) is 0 Å². The average Bonchev–Trinajstić information content (AvgIpc) is 3.30. The third-order valence-corrected chi connectivity index (χ3v) is 6.76. The van der Waals surface area contributed by atoms with Gasteiger partial charge in [0.25, 0.3) is 10.0 Å². The maximum absolute atomic E-state index is 13.3. The molecule has 0 atom stereocenters. The van der Waals surface area contributed by atoms with Crippen molar-refractivity contribution in [1.29, 1.82) is 0 Å². The zero-order chi connectivity index (χ0) is 19.3. The highest BCUT2D eigenvalue weighted by Crippen LogP contribution is 2.34. The topological polar surface area (TPSA) is 54.9 Å². The van der Waals surface area contributed by atoms with Crippen LogP contribution in [-0.4, -0.2) is 17.4 Å². The Morgan fingerprint density at radius 3 is 2.36 bits per heavy atom. The van der Waals surface area contributed by atoms with Crippen molar-refractivity contribution in [2.24, 2.45) is 0 Å². The minimum atomic E-state index is -3.70. The van der Waals surface area contributed by atoms with Gasteiger partial charge in [0.05, 0.1) is 10.4 Å². The van der Waals surface area contributed by atoms with Crippen LogP contribution in [0.3, 0.4) is 0 Å². The number of aryl methyl sites for hydroxylation is 1. The van der Waals surface area contributed by atoms with Crippen LogP contribution in [-0.2, 0) is 10.0 Å². The van der Waals surface area contributed by atoms with Gasteiger partial charge in [0.15, 0.2) is 0 Å². The molecule has 0 saturated heterocycles. The van der Waals surface area contributed by atoms with Crippen LogP contribution < -0.4 is 0 Å². The van der Waals surface area contributed by atoms with Crippen LogP contribution in [0.1, 0.15) is 5.56 Å². The maximum Gasteiger partial charge on any atom is 0.268 e. The Hall–Kier alpha value is -3.31. The first-order chi connectivity index (χ1) is 13.5. The molecule has 0 spiro atoms. The van der Waals surface area contributed by atoms with Gasteiger partial charge in [0.1, 0.15) is 0 Å². The molecule has 138 valence electrons. The smallest absolute Gasteiger partial charge is 0.268 e. The highest BCUT2D eigenvalue weighted by molar-refractivity contribution is 7.90. The van der Waals surface area contributed by atoms with E-state index in [0.717, 1.165) is 33.1 Å². The summed E-state index contributed by atoms with van der Waals surface area (Å²) in [7, 11) is -3.70. The molecule has 0 aliphatic heterocycles. The third kappa shape index (κ3) is 2.55. The van der Waals surface area contributed by atoms with Gasteiger partial charge in [-0.1, -0.05) is 54.1 Å². The van der Waals surface area contributed by atoms with Crippen LogP contribution in [0.15, 0.2) is 90.0 Å². The monoisotopic (exact) mass is 386 g/mol. The van der Waals surface area contributed by atoms with E-state index in [1.165, 1.54) is 3.97 Å². The molecule has 0 unspecified atom stereocenters. The Labute approximate surface area is 163 Å². The van der Waals surface area contributed by atoms with Gasteiger partial charge >= 0.3 is 0 Å². The lowest BCUT2D eigenvalue weighted by Gasteiger charge is -2.07. The quantitative estimate of drug-likeness (QED) is 0.455. The SMILES string of the molecule is Cc1ccc(S(=O)(=O)n2cc(-c3cc4ccccc4[nH]3)c3ccccc32)cc1. The summed E-state index contributed by atoms with van der Waals surface area (Å²) in [4.78, 5) is 3.69. The molecule has 0 aliphatic carbocycles. The molecule has 0 radical (unpaired) electrons. The summed E-state index contributed by atoms with van der Waals surface area (Å²) >= 11 is 0. The molecular formula is C23H18N2O2S. The van der Waals surface area contributed by atoms with Crippen LogP contribution in [0.5, 0.6) is 0 Å². The van der Waals surface area contributed by atoms with E-state index < -0.39 is 10.0 Å². The normalized spacial score (nSPS) is 12.0. The van der Waals surface area contributed by atoms with E-state index in [4.69, 9.17) is 0 Å². The van der Waals surface area contributed by atoms with Crippen molar-refractivity contribution < 1.29 is 8.42 Å². The Bertz CT molecular complexity index is 1390. The Kier molecular flexibility index (Phi) is 3.67. The van der Waals surface area contributed by atoms with E-state index in [1.807, 2.05) is 67.6 Å². The lowest BCUT2D eigenvalue weighted by Crippen LogP contribution is -2.11. The molecule has 2 heterocycles. The highest BCUT2D eigenvalue weighted by atomic mass is 32.2. The molecule has 4 nitrogen and oxygen atoms in total. The molecule has 2 aromatic heterocycles. The van der Waals surface area contributed by atoms with Crippen molar-refractivity contribution in [2.75, 3.05) is 0 Å². The number of para-hydroxylation sites is 2. The summed E-state index contributed by atoms with van der Waals surface area (Å²) in [6.45, 7) is 1.94. The summed E-state index contributed by atoms with van der Waals surface area (Å²) in [6, 6.07) is 24.6. The molecular weight excluding hydrogens is 368 g/mol. The first-order valence-electron chi connectivity index (χ1n) is 9.04. The van der Waals surface area contributed by atoms with Crippen molar-refractivity contribution in [2.45, 2.75) is 11.8 Å². The molecule has 0 aliphatic rings. The highest BCUT2D eigenvalue weighted by Gasteiger charge is 2.22. The van der Waals surface area contributed by atoms with Gasteiger partial charge in [-0.15, -0.1) is 0 Å². The number of rotatable bonds is 3. The van der Waals surface area contributed by atoms with Gasteiger partial charge in [-0.25, -0.2) is 12.4 Å². The second-order valence-corrected chi connectivity index (χ2v) is 8.76. The van der Waals surface area contributed by atoms with Gasteiger partial charge in [-0.05, 0) is 37.3 Å². The van der Waals surface area contributed by atoms with Crippen molar-refractivity contribution >= 4 is 31.8 Å². The lowest BCUT2D eigenvalue weighted by atomic mass is 10.1. The molecule has 5 rings (SSSR count). The van der Waals surface area contributed by atoms with E-state index in [9.17, 15) is 8.42 Å². The van der Waals surface area contributed by atoms with Gasteiger partial charge < -0.3 is 4.98 Å². The third-order valence-electron chi connectivity index (χ3n) is 5.08. The molecule has 0 amide bonds. The Balaban J connectivity index is 1.76. The van der Waals surface area contributed by atoms with Crippen LogP contribution in [0.4, 0.5) is 0 Å². The summed E-state index contributed by atoms with van der Waals surface area (Å²) in [5, 5.41) is 1.99. The van der Waals surface area contributed by atoms with Crippen molar-refractivity contribution in [3.8, 4) is 11.3 Å². The fourth-order valence-corrected chi connectivity index (χ4v) is 4.98. The molecule has 0 saturated carbocycles. The number of benzene rings is 3. The number of aromatic nitrogens is 2. The first-order valence-corrected chi connectivity index (χ1v) is 10.5. The average molecular weight is 386 g/mol. The van der Waals surface area contributed by atoms with E-state index in [0.29, 0.717) is 5.52 Å². The molecule has 3 aromatic carbocycles. The van der Waals surface area contributed by atoms with Gasteiger partial charge in [-0.3, -0.25) is 0 Å². The van der Waals surface area contributed by atoms with E-state index in [2.05, 4.69) is 11.1 Å². The predicted octanol–water partition coefficient (Wildman–Crippen LogP) is 5.34. The van der Waals surface area contributed by atoms with Crippen LogP contribution >= 0.6 is 0 Å². The van der Waals surface area contributed by atoms with Crippen molar-refractivity contribution in [1.82, 2.24) is 8.96 Å². The lowest BCUT2D eigenvalue weighted by molar-refractivity contribution is 0.589. The number of hydrogen-bond acceptors (Lipinski definition) is 2. The van der Waals surface area contributed by atoms with E-state index >= 15 is 0 Å². The molecule has 5 heteroatoms. The number of fused-ring (bicyclic) bond motifs is 2. The number of nitrogens with zero attached hydrogens (tertiary/aromatic N) is 1. The Morgan fingerprint density at radius 1 is 0.857 bits per heavy atom. The zero-order valence-electron chi connectivity index (χ0n) is 15.3. The van der Waals surface area contributed by atoms with E-state index in [1.54, 1.807) is 18.3 Å². The molecule has 0 bridgehead atoms. The second-order valence-electron chi connectivity index (χ2n) is 6.94. The summed E-state index contributed by atoms with van der Waals surface area (Å²) < 4.78 is 28.0. The predicted molar refractivity (Wildman–Crippen MR) is 113 cm³/mol. The fourth-order valence-electron chi connectivity index (χ4n) is 3.61. The number of hydrogen-bond donors (Lipinski definition) is 1. The van der Waals surface area contributed by atoms with Gasteiger partial charge in [0.2, 0.25) is 0 Å². The van der Waals surface area contributed by atoms with Crippen LogP contribution in [0, 0.1) is 6.92 Å². The zero-order valence-corrected chi connectivity index (χ0v) is 16.1. The molecule has 5 aromatic rings. The largest absolute Gasteiger partial charge is 0.354 e. The minimum Gasteiger partial charge on any atom is -0.354 e. The number of aromatic amines is 1. The fraction of sp³-hybridized carbons (Fsp3) is 0.0435. The Morgan fingerprint density at radius 2 is 1.57 bits per heavy atom. The summed E-state index contributed by atoms with van der Waals surface area (Å²) in [5.41, 5.74) is 4.47. The van der Waals surface area contributed by atoms with Crippen molar-refractivity contribution in [3.05, 3.63) is 90.6 Å². The first kappa shape index (κ1) is 16.8. The summed E-state index contributed by atoms with van der Waals surface area (Å²) in [6.07, 6.45) is 1.71. The van der Waals surface area contributed by atoms with Crippen LogP contribution in [0.25, 0.3) is 33.1 Å². The summed E-state index contributed by atoms with van der Waals surface area (Å²) in [5.74, 6) is 0. The minimum absolute atomic E-state index is 0.280. The molecule has 0 fully saturated rings. The second kappa shape index (κ2) is 6.11. The van der Waals surface area contributed by atoms with Crippen molar-refractivity contribution in [3.63, 3.8) is 0 Å². The van der Waals surface area contributed by atoms with E-state index in [-0.39, 0.29) is 4.90 Å². The van der Waals surface area contributed by atoms with Gasteiger partial charge in [-0.2, -0.15) is 0 Å².